The minimum absolute atomic E-state index is 0.111. The highest BCUT2D eigenvalue weighted by Crippen LogP contribution is 2.28. The van der Waals surface area contributed by atoms with Crippen molar-refractivity contribution in [2.45, 2.75) is 0 Å². The van der Waals surface area contributed by atoms with Crippen molar-refractivity contribution in [2.75, 3.05) is 35.7 Å². The van der Waals surface area contributed by atoms with Gasteiger partial charge in [0.25, 0.3) is 5.91 Å². The Morgan fingerprint density at radius 2 is 1.88 bits per heavy atom. The Morgan fingerprint density at radius 1 is 1.16 bits per heavy atom. The number of fused-ring (bicyclic) bond motifs is 1. The minimum atomic E-state index is -0.604. The first kappa shape index (κ1) is 16.5. The van der Waals surface area contributed by atoms with Gasteiger partial charge in [-0.25, -0.2) is 4.79 Å². The molecule has 7 heteroatoms. The molecule has 0 saturated heterocycles. The first-order valence-corrected chi connectivity index (χ1v) is 7.73. The van der Waals surface area contributed by atoms with Crippen molar-refractivity contribution in [3.63, 3.8) is 0 Å². The van der Waals surface area contributed by atoms with Crippen LogP contribution in [-0.4, -0.2) is 38.0 Å². The van der Waals surface area contributed by atoms with E-state index in [-0.39, 0.29) is 12.5 Å². The fourth-order valence-electron chi connectivity index (χ4n) is 2.62. The molecular weight excluding hydrogens is 322 g/mol. The van der Waals surface area contributed by atoms with Crippen molar-refractivity contribution in [3.8, 4) is 0 Å². The highest BCUT2D eigenvalue weighted by molar-refractivity contribution is 6.10. The third kappa shape index (κ3) is 3.45. The van der Waals surface area contributed by atoms with E-state index in [2.05, 4.69) is 10.6 Å². The molecule has 1 aliphatic rings. The number of hydrogen-bond donors (Lipinski definition) is 2. The number of amides is 2. The standard InChI is InChI=1S/C18H17N3O4/c1-19-13-7-3-2-6-12(13)18(24)25-11-17(23)21-10-16(22)20-14-8-4-5-9-15(14)21/h2-9,19H,10-11H2,1H3,(H,20,22). The molecule has 0 bridgehead atoms. The van der Waals surface area contributed by atoms with Crippen LogP contribution in [0.2, 0.25) is 0 Å². The highest BCUT2D eigenvalue weighted by Gasteiger charge is 2.27. The topological polar surface area (TPSA) is 87.7 Å². The Kier molecular flexibility index (Phi) is 4.65. The zero-order chi connectivity index (χ0) is 17.8. The van der Waals surface area contributed by atoms with E-state index in [1.54, 1.807) is 55.6 Å². The third-order valence-electron chi connectivity index (χ3n) is 3.81. The highest BCUT2D eigenvalue weighted by atomic mass is 16.5. The van der Waals surface area contributed by atoms with Crippen LogP contribution in [0, 0.1) is 0 Å². The van der Waals surface area contributed by atoms with Crippen LogP contribution in [0.15, 0.2) is 48.5 Å². The second kappa shape index (κ2) is 7.04. The molecule has 0 spiro atoms. The summed E-state index contributed by atoms with van der Waals surface area (Å²) in [7, 11) is 1.69. The maximum atomic E-state index is 12.4. The van der Waals surface area contributed by atoms with Crippen LogP contribution >= 0.6 is 0 Å². The van der Waals surface area contributed by atoms with E-state index in [1.165, 1.54) is 4.90 Å². The molecule has 1 heterocycles. The Bertz CT molecular complexity index is 835. The molecule has 2 N–H and O–H groups in total. The monoisotopic (exact) mass is 339 g/mol. The van der Waals surface area contributed by atoms with E-state index in [0.717, 1.165) is 0 Å². The Morgan fingerprint density at radius 3 is 2.68 bits per heavy atom. The lowest BCUT2D eigenvalue weighted by molar-refractivity contribution is -0.124. The summed E-state index contributed by atoms with van der Waals surface area (Å²) in [5, 5.41) is 5.60. The molecule has 3 rings (SSSR count). The molecule has 25 heavy (non-hydrogen) atoms. The minimum Gasteiger partial charge on any atom is -0.452 e. The number of para-hydroxylation sites is 3. The van der Waals surface area contributed by atoms with Crippen molar-refractivity contribution in [1.29, 1.82) is 0 Å². The van der Waals surface area contributed by atoms with Crippen LogP contribution in [-0.2, 0) is 14.3 Å². The summed E-state index contributed by atoms with van der Waals surface area (Å²) in [6, 6.07) is 13.8. The van der Waals surface area contributed by atoms with Gasteiger partial charge in [0, 0.05) is 12.7 Å². The van der Waals surface area contributed by atoms with Crippen LogP contribution in [0.3, 0.4) is 0 Å². The van der Waals surface area contributed by atoms with Crippen LogP contribution in [0.4, 0.5) is 17.1 Å². The zero-order valence-corrected chi connectivity index (χ0v) is 13.6. The molecule has 0 aromatic heterocycles. The molecular formula is C18H17N3O4. The van der Waals surface area contributed by atoms with Crippen molar-refractivity contribution in [2.24, 2.45) is 0 Å². The van der Waals surface area contributed by atoms with E-state index >= 15 is 0 Å². The predicted molar refractivity (Wildman–Crippen MR) is 93.7 cm³/mol. The molecule has 7 nitrogen and oxygen atoms in total. The van der Waals surface area contributed by atoms with Gasteiger partial charge in [-0.05, 0) is 24.3 Å². The fourth-order valence-corrected chi connectivity index (χ4v) is 2.62. The number of hydrogen-bond acceptors (Lipinski definition) is 5. The van der Waals surface area contributed by atoms with Gasteiger partial charge in [0.2, 0.25) is 5.91 Å². The number of ether oxygens (including phenoxy) is 1. The van der Waals surface area contributed by atoms with Gasteiger partial charge in [0.1, 0.15) is 6.54 Å². The largest absolute Gasteiger partial charge is 0.452 e. The molecule has 0 unspecified atom stereocenters. The van der Waals surface area contributed by atoms with Crippen molar-refractivity contribution >= 4 is 34.8 Å². The molecule has 2 amide bonds. The zero-order valence-electron chi connectivity index (χ0n) is 13.6. The number of benzene rings is 2. The van der Waals surface area contributed by atoms with Crippen LogP contribution in [0.5, 0.6) is 0 Å². The van der Waals surface area contributed by atoms with Gasteiger partial charge in [-0.15, -0.1) is 0 Å². The summed E-state index contributed by atoms with van der Waals surface area (Å²) in [5.41, 5.74) is 2.09. The van der Waals surface area contributed by atoms with E-state index in [0.29, 0.717) is 22.6 Å². The van der Waals surface area contributed by atoms with Crippen LogP contribution in [0.25, 0.3) is 0 Å². The Labute approximate surface area is 144 Å². The predicted octanol–water partition coefficient (Wildman–Crippen LogP) is 1.87. The molecule has 0 fully saturated rings. The number of carbonyl (C=O) groups is 3. The summed E-state index contributed by atoms with van der Waals surface area (Å²) >= 11 is 0. The summed E-state index contributed by atoms with van der Waals surface area (Å²) in [5.74, 6) is -1.36. The lowest BCUT2D eigenvalue weighted by Crippen LogP contribution is -2.44. The first-order chi connectivity index (χ1) is 12.1. The Balaban J connectivity index is 1.71. The van der Waals surface area contributed by atoms with Gasteiger partial charge in [-0.2, -0.15) is 0 Å². The average Bonchev–Trinajstić information content (AvgIpc) is 2.65. The molecule has 2 aromatic carbocycles. The average molecular weight is 339 g/mol. The van der Waals surface area contributed by atoms with Crippen molar-refractivity contribution in [1.82, 2.24) is 0 Å². The number of anilines is 3. The van der Waals surface area contributed by atoms with E-state index < -0.39 is 18.5 Å². The second-order valence-corrected chi connectivity index (χ2v) is 5.42. The third-order valence-corrected chi connectivity index (χ3v) is 3.81. The number of nitrogens with one attached hydrogen (secondary N) is 2. The molecule has 128 valence electrons. The van der Waals surface area contributed by atoms with Gasteiger partial charge in [0.05, 0.1) is 16.9 Å². The number of esters is 1. The number of carbonyl (C=O) groups excluding carboxylic acids is 3. The van der Waals surface area contributed by atoms with Crippen molar-refractivity contribution < 1.29 is 19.1 Å². The summed E-state index contributed by atoms with van der Waals surface area (Å²) in [4.78, 5) is 37.7. The van der Waals surface area contributed by atoms with Gasteiger partial charge >= 0.3 is 5.97 Å². The van der Waals surface area contributed by atoms with Gasteiger partial charge in [-0.3, -0.25) is 14.5 Å². The Hall–Kier alpha value is -3.35. The molecule has 0 aliphatic carbocycles. The smallest absolute Gasteiger partial charge is 0.340 e. The molecule has 0 radical (unpaired) electrons. The molecule has 0 saturated carbocycles. The quantitative estimate of drug-likeness (QED) is 0.831. The van der Waals surface area contributed by atoms with Crippen LogP contribution in [0.1, 0.15) is 10.4 Å². The molecule has 1 aliphatic heterocycles. The summed E-state index contributed by atoms with van der Waals surface area (Å²) in [6.45, 7) is -0.557. The van der Waals surface area contributed by atoms with Crippen molar-refractivity contribution in [3.05, 3.63) is 54.1 Å². The lowest BCUT2D eigenvalue weighted by Gasteiger charge is -2.28. The summed E-state index contributed by atoms with van der Waals surface area (Å²) < 4.78 is 5.13. The number of rotatable bonds is 4. The normalized spacial score (nSPS) is 12.8. The molecule has 0 atom stereocenters. The van der Waals surface area contributed by atoms with E-state index in [1.807, 2.05) is 0 Å². The number of nitrogens with zero attached hydrogens (tertiary/aromatic N) is 1. The van der Waals surface area contributed by atoms with Gasteiger partial charge in [0.15, 0.2) is 6.61 Å². The van der Waals surface area contributed by atoms with Crippen LogP contribution < -0.4 is 15.5 Å². The van der Waals surface area contributed by atoms with Gasteiger partial charge in [-0.1, -0.05) is 24.3 Å². The fraction of sp³-hybridized carbons (Fsp3) is 0.167. The maximum absolute atomic E-state index is 12.4. The second-order valence-electron chi connectivity index (χ2n) is 5.42. The summed E-state index contributed by atoms with van der Waals surface area (Å²) in [6.07, 6.45) is 0. The SMILES string of the molecule is CNc1ccccc1C(=O)OCC(=O)N1CC(=O)Nc2ccccc21. The van der Waals surface area contributed by atoms with E-state index in [4.69, 9.17) is 4.74 Å². The first-order valence-electron chi connectivity index (χ1n) is 7.73. The van der Waals surface area contributed by atoms with E-state index in [9.17, 15) is 14.4 Å². The maximum Gasteiger partial charge on any atom is 0.340 e. The van der Waals surface area contributed by atoms with Gasteiger partial charge < -0.3 is 15.4 Å². The molecule has 2 aromatic rings. The lowest BCUT2D eigenvalue weighted by atomic mass is 10.2.